The van der Waals surface area contributed by atoms with E-state index in [1.165, 1.54) is 13.1 Å². The molecule has 1 aromatic carbocycles. The van der Waals surface area contributed by atoms with Crippen LogP contribution in [0.4, 0.5) is 4.39 Å². The van der Waals surface area contributed by atoms with Gasteiger partial charge in [-0.3, -0.25) is 19.3 Å². The molecule has 1 fully saturated rings. The van der Waals surface area contributed by atoms with Gasteiger partial charge in [0.1, 0.15) is 5.82 Å². The highest BCUT2D eigenvalue weighted by atomic mass is 19.1. The lowest BCUT2D eigenvalue weighted by Crippen LogP contribution is -2.56. The lowest BCUT2D eigenvalue weighted by molar-refractivity contribution is -0.134. The number of amides is 3. The number of halogens is 1. The van der Waals surface area contributed by atoms with E-state index in [0.717, 1.165) is 0 Å². The van der Waals surface area contributed by atoms with Crippen LogP contribution < -0.4 is 16.0 Å². The largest absolute Gasteiger partial charge is 0.358 e. The van der Waals surface area contributed by atoms with Crippen molar-refractivity contribution in [1.82, 2.24) is 20.9 Å². The van der Waals surface area contributed by atoms with Crippen LogP contribution in [0.15, 0.2) is 24.3 Å². The van der Waals surface area contributed by atoms with Gasteiger partial charge in [-0.1, -0.05) is 18.2 Å². The highest BCUT2D eigenvalue weighted by Gasteiger charge is 2.31. The molecule has 0 bridgehead atoms. The van der Waals surface area contributed by atoms with Crippen LogP contribution in [0.3, 0.4) is 0 Å². The van der Waals surface area contributed by atoms with Gasteiger partial charge in [-0.25, -0.2) is 4.39 Å². The van der Waals surface area contributed by atoms with Crippen molar-refractivity contribution in [1.29, 1.82) is 0 Å². The highest BCUT2D eigenvalue weighted by Crippen LogP contribution is 2.16. The maximum atomic E-state index is 13.8. The molecular formula is C16H21FN4O3. The van der Waals surface area contributed by atoms with Gasteiger partial charge >= 0.3 is 0 Å². The molecule has 1 aliphatic heterocycles. The number of nitrogens with one attached hydrogen (secondary N) is 3. The lowest BCUT2D eigenvalue weighted by atomic mass is 10.1. The quantitative estimate of drug-likeness (QED) is 0.646. The number of rotatable bonds is 6. The number of nitrogens with zero attached hydrogens (tertiary/aromatic N) is 1. The topological polar surface area (TPSA) is 90.5 Å². The fraction of sp³-hybridized carbons (Fsp3) is 0.438. The van der Waals surface area contributed by atoms with Crippen LogP contribution in [0.2, 0.25) is 0 Å². The van der Waals surface area contributed by atoms with E-state index in [1.54, 1.807) is 23.1 Å². The molecule has 0 aromatic heterocycles. The number of carbonyl (C=O) groups is 3. The number of benzene rings is 1. The summed E-state index contributed by atoms with van der Waals surface area (Å²) in [5.41, 5.74) is 0.475. The summed E-state index contributed by atoms with van der Waals surface area (Å²) in [5, 5.41) is 7.57. The van der Waals surface area contributed by atoms with Crippen LogP contribution in [0.25, 0.3) is 0 Å². The van der Waals surface area contributed by atoms with Crippen molar-refractivity contribution in [2.75, 3.05) is 26.7 Å². The van der Waals surface area contributed by atoms with Gasteiger partial charge in [0.05, 0.1) is 19.0 Å². The van der Waals surface area contributed by atoms with E-state index in [1.807, 2.05) is 0 Å². The van der Waals surface area contributed by atoms with Gasteiger partial charge in [0, 0.05) is 32.2 Å². The first-order valence-corrected chi connectivity index (χ1v) is 7.73. The molecule has 7 nitrogen and oxygen atoms in total. The van der Waals surface area contributed by atoms with Crippen LogP contribution in [-0.2, 0) is 20.9 Å². The zero-order chi connectivity index (χ0) is 17.5. The summed E-state index contributed by atoms with van der Waals surface area (Å²) in [7, 11) is 1.47. The van der Waals surface area contributed by atoms with Crippen LogP contribution in [0.5, 0.6) is 0 Å². The smallest absolute Gasteiger partial charge is 0.239 e. The van der Waals surface area contributed by atoms with Gasteiger partial charge < -0.3 is 16.0 Å². The van der Waals surface area contributed by atoms with Gasteiger partial charge in [0.25, 0.3) is 0 Å². The Kier molecular flexibility index (Phi) is 6.25. The SMILES string of the molecule is CNC(=O)CNC(=O)C[C@H]1C(=O)NCCN1Cc1ccccc1F. The molecule has 130 valence electrons. The molecule has 1 atom stereocenters. The molecule has 1 aliphatic rings. The molecule has 1 saturated heterocycles. The normalized spacial score (nSPS) is 17.9. The number of likely N-dealkylation sites (N-methyl/N-ethyl adjacent to an activating group) is 1. The minimum absolute atomic E-state index is 0.0860. The van der Waals surface area contributed by atoms with Crippen LogP contribution in [-0.4, -0.2) is 55.3 Å². The Balaban J connectivity index is 2.01. The molecule has 24 heavy (non-hydrogen) atoms. The first-order chi connectivity index (χ1) is 11.5. The van der Waals surface area contributed by atoms with E-state index in [4.69, 9.17) is 0 Å². The lowest BCUT2D eigenvalue weighted by Gasteiger charge is -2.34. The molecule has 8 heteroatoms. The zero-order valence-electron chi connectivity index (χ0n) is 13.5. The molecule has 3 N–H and O–H groups in total. The Hall–Kier alpha value is -2.48. The molecule has 1 aromatic rings. The zero-order valence-corrected chi connectivity index (χ0v) is 13.5. The summed E-state index contributed by atoms with van der Waals surface area (Å²) in [6.07, 6.45) is -0.0860. The highest BCUT2D eigenvalue weighted by molar-refractivity contribution is 5.90. The predicted octanol–water partition coefficient (Wildman–Crippen LogP) is -0.622. The van der Waals surface area contributed by atoms with Crippen molar-refractivity contribution in [3.63, 3.8) is 0 Å². The van der Waals surface area contributed by atoms with E-state index in [0.29, 0.717) is 18.7 Å². The molecule has 0 radical (unpaired) electrons. The maximum absolute atomic E-state index is 13.8. The molecule has 1 heterocycles. The minimum Gasteiger partial charge on any atom is -0.358 e. The summed E-state index contributed by atoms with van der Waals surface area (Å²) in [6, 6.07) is 5.66. The average molecular weight is 336 g/mol. The second-order valence-corrected chi connectivity index (χ2v) is 5.52. The third-order valence-corrected chi connectivity index (χ3v) is 3.88. The number of piperazine rings is 1. The van der Waals surface area contributed by atoms with Crippen LogP contribution in [0, 0.1) is 5.82 Å². The monoisotopic (exact) mass is 336 g/mol. The summed E-state index contributed by atoms with van der Waals surface area (Å²) < 4.78 is 13.8. The first-order valence-electron chi connectivity index (χ1n) is 7.73. The summed E-state index contributed by atoms with van der Waals surface area (Å²) in [4.78, 5) is 37.0. The van der Waals surface area contributed by atoms with Crippen LogP contribution >= 0.6 is 0 Å². The fourth-order valence-electron chi connectivity index (χ4n) is 2.53. The van der Waals surface area contributed by atoms with E-state index in [-0.39, 0.29) is 37.1 Å². The Morgan fingerprint density at radius 3 is 2.79 bits per heavy atom. The summed E-state index contributed by atoms with van der Waals surface area (Å²) >= 11 is 0. The second kappa shape index (κ2) is 8.39. The maximum Gasteiger partial charge on any atom is 0.239 e. The molecular weight excluding hydrogens is 315 g/mol. The first kappa shape index (κ1) is 17.9. The number of hydrogen-bond acceptors (Lipinski definition) is 4. The number of hydrogen-bond donors (Lipinski definition) is 3. The van der Waals surface area contributed by atoms with Gasteiger partial charge in [-0.15, -0.1) is 0 Å². The second-order valence-electron chi connectivity index (χ2n) is 5.52. The van der Waals surface area contributed by atoms with Crippen molar-refractivity contribution < 1.29 is 18.8 Å². The standard InChI is InChI=1S/C16H21FN4O3/c1-18-15(23)9-20-14(22)8-13-16(24)19-6-7-21(13)10-11-4-2-3-5-12(11)17/h2-5,13H,6-10H2,1H3,(H,18,23)(H,19,24)(H,20,22)/t13-/m0/s1. The molecule has 0 spiro atoms. The minimum atomic E-state index is -0.692. The molecule has 0 aliphatic carbocycles. The van der Waals surface area contributed by atoms with Crippen LogP contribution in [0.1, 0.15) is 12.0 Å². The van der Waals surface area contributed by atoms with Gasteiger partial charge in [-0.05, 0) is 6.07 Å². The molecule has 2 rings (SSSR count). The molecule has 0 unspecified atom stereocenters. The van der Waals surface area contributed by atoms with E-state index < -0.39 is 11.9 Å². The Labute approximate surface area is 139 Å². The van der Waals surface area contributed by atoms with Crippen molar-refractivity contribution in [2.24, 2.45) is 0 Å². The third kappa shape index (κ3) is 4.76. The Morgan fingerprint density at radius 1 is 1.33 bits per heavy atom. The van der Waals surface area contributed by atoms with E-state index in [9.17, 15) is 18.8 Å². The van der Waals surface area contributed by atoms with Crippen molar-refractivity contribution in [3.05, 3.63) is 35.6 Å². The van der Waals surface area contributed by atoms with E-state index >= 15 is 0 Å². The Morgan fingerprint density at radius 2 is 2.08 bits per heavy atom. The van der Waals surface area contributed by atoms with Gasteiger partial charge in [0.2, 0.25) is 17.7 Å². The summed E-state index contributed by atoms with van der Waals surface area (Å²) in [6.45, 7) is 1.07. The number of carbonyl (C=O) groups excluding carboxylic acids is 3. The summed E-state index contributed by atoms with van der Waals surface area (Å²) in [5.74, 6) is -1.34. The van der Waals surface area contributed by atoms with Crippen molar-refractivity contribution in [2.45, 2.75) is 19.0 Å². The van der Waals surface area contributed by atoms with E-state index in [2.05, 4.69) is 16.0 Å². The van der Waals surface area contributed by atoms with Crippen molar-refractivity contribution in [3.8, 4) is 0 Å². The third-order valence-electron chi connectivity index (χ3n) is 3.88. The average Bonchev–Trinajstić information content (AvgIpc) is 2.57. The predicted molar refractivity (Wildman–Crippen MR) is 85.3 cm³/mol. The molecule has 0 saturated carbocycles. The van der Waals surface area contributed by atoms with Gasteiger partial charge in [0.15, 0.2) is 0 Å². The fourth-order valence-corrected chi connectivity index (χ4v) is 2.53. The van der Waals surface area contributed by atoms with Crippen molar-refractivity contribution >= 4 is 17.7 Å². The Bertz CT molecular complexity index is 623. The van der Waals surface area contributed by atoms with Gasteiger partial charge in [-0.2, -0.15) is 0 Å². The molecule has 3 amide bonds.